The Balaban J connectivity index is 2.20. The minimum absolute atomic E-state index is 0.259. The third-order valence-electron chi connectivity index (χ3n) is 2.23. The van der Waals surface area contributed by atoms with Crippen LogP contribution in [0.2, 0.25) is 0 Å². The third kappa shape index (κ3) is 2.07. The van der Waals surface area contributed by atoms with Crippen LogP contribution in [0.4, 0.5) is 0 Å². The van der Waals surface area contributed by atoms with Gasteiger partial charge in [0.15, 0.2) is 5.78 Å². The lowest BCUT2D eigenvalue weighted by Gasteiger charge is -2.03. The number of pyridine rings is 1. The van der Waals surface area contributed by atoms with E-state index in [0.29, 0.717) is 18.7 Å². The topological polar surface area (TPSA) is 56.3 Å². The molecule has 0 bridgehead atoms. The maximum absolute atomic E-state index is 11.8. The summed E-state index contributed by atoms with van der Waals surface area (Å²) in [5.41, 5.74) is 0.307. The first-order chi connectivity index (χ1) is 7.18. The number of hydrogen-bond donors (Lipinski definition) is 0. The molecule has 1 fully saturated rings. The average Bonchev–Trinajstić information content (AvgIpc) is 2.65. The van der Waals surface area contributed by atoms with Crippen LogP contribution in [0.3, 0.4) is 0 Å². The summed E-state index contributed by atoms with van der Waals surface area (Å²) < 4.78 is 5.53. The highest BCUT2D eigenvalue weighted by Gasteiger charge is 2.34. The van der Waals surface area contributed by atoms with E-state index < -0.39 is 11.9 Å². The van der Waals surface area contributed by atoms with E-state index in [9.17, 15) is 9.59 Å². The Kier molecular flexibility index (Phi) is 2.81. The minimum atomic E-state index is -0.668. The predicted octanol–water partition coefficient (Wildman–Crippen LogP) is 1.59. The molecule has 1 aromatic heterocycles. The lowest BCUT2D eigenvalue weighted by molar-refractivity contribution is -0.140. The Hall–Kier alpha value is -1.23. The summed E-state index contributed by atoms with van der Waals surface area (Å²) in [6, 6.07) is 3.32. The van der Waals surface area contributed by atoms with Crippen molar-refractivity contribution in [3.8, 4) is 0 Å². The molecule has 4 nitrogen and oxygen atoms in total. The van der Waals surface area contributed by atoms with E-state index in [1.54, 1.807) is 12.1 Å². The van der Waals surface area contributed by atoms with Gasteiger partial charge >= 0.3 is 5.97 Å². The zero-order valence-corrected chi connectivity index (χ0v) is 9.36. The monoisotopic (exact) mass is 269 g/mol. The van der Waals surface area contributed by atoms with Gasteiger partial charge in [-0.3, -0.25) is 14.6 Å². The molecule has 1 aliphatic heterocycles. The smallest absolute Gasteiger partial charge is 0.317 e. The van der Waals surface area contributed by atoms with Gasteiger partial charge in [0.2, 0.25) is 0 Å². The average molecular weight is 270 g/mol. The molecule has 0 saturated carbocycles. The molecular weight excluding hydrogens is 262 g/mol. The molecule has 15 heavy (non-hydrogen) atoms. The number of nitrogens with zero attached hydrogens (tertiary/aromatic N) is 1. The van der Waals surface area contributed by atoms with Crippen molar-refractivity contribution in [1.82, 2.24) is 4.98 Å². The highest BCUT2D eigenvalue weighted by Crippen LogP contribution is 2.19. The molecule has 0 amide bonds. The largest absolute Gasteiger partial charge is 0.465 e. The first-order valence-electron chi connectivity index (χ1n) is 4.51. The van der Waals surface area contributed by atoms with E-state index in [-0.39, 0.29) is 5.78 Å². The van der Waals surface area contributed by atoms with Gasteiger partial charge < -0.3 is 4.74 Å². The quantitative estimate of drug-likeness (QED) is 0.465. The lowest BCUT2D eigenvalue weighted by atomic mass is 10.00. The number of rotatable bonds is 2. The molecule has 5 heteroatoms. The van der Waals surface area contributed by atoms with Crippen molar-refractivity contribution in [3.63, 3.8) is 0 Å². The summed E-state index contributed by atoms with van der Waals surface area (Å²) in [6.45, 7) is 0.325. The number of carbonyl (C=O) groups is 2. The molecule has 0 radical (unpaired) electrons. The minimum Gasteiger partial charge on any atom is -0.465 e. The standard InChI is InChI=1S/C10H8BrNO3/c11-6-1-2-8(12-5-6)9(13)7-3-4-15-10(7)14/h1-2,5,7H,3-4H2/t7-/m1/s1. The van der Waals surface area contributed by atoms with Crippen molar-refractivity contribution < 1.29 is 14.3 Å². The number of esters is 1. The second-order valence-electron chi connectivity index (χ2n) is 3.23. The Morgan fingerprint density at radius 3 is 2.87 bits per heavy atom. The van der Waals surface area contributed by atoms with Gasteiger partial charge in [-0.1, -0.05) is 0 Å². The molecular formula is C10H8BrNO3. The zero-order valence-electron chi connectivity index (χ0n) is 7.77. The van der Waals surface area contributed by atoms with Crippen molar-refractivity contribution in [2.24, 2.45) is 5.92 Å². The van der Waals surface area contributed by atoms with Crippen LogP contribution in [0.1, 0.15) is 16.9 Å². The van der Waals surface area contributed by atoms with Crippen LogP contribution in [0, 0.1) is 5.92 Å². The lowest BCUT2D eigenvalue weighted by Crippen LogP contribution is -2.20. The van der Waals surface area contributed by atoms with Crippen molar-refractivity contribution in [3.05, 3.63) is 28.5 Å². The normalized spacial score (nSPS) is 20.1. The number of ether oxygens (including phenoxy) is 1. The summed E-state index contributed by atoms with van der Waals surface area (Å²) in [5.74, 6) is -1.37. The van der Waals surface area contributed by atoms with Crippen LogP contribution < -0.4 is 0 Å². The maximum Gasteiger partial charge on any atom is 0.317 e. The fraction of sp³-hybridized carbons (Fsp3) is 0.300. The van der Waals surface area contributed by atoms with E-state index in [4.69, 9.17) is 4.74 Å². The molecule has 0 aromatic carbocycles. The first-order valence-corrected chi connectivity index (χ1v) is 5.30. The summed E-state index contributed by atoms with van der Waals surface area (Å²) >= 11 is 3.22. The second-order valence-corrected chi connectivity index (χ2v) is 4.15. The molecule has 0 spiro atoms. The van der Waals surface area contributed by atoms with Crippen LogP contribution in [0.25, 0.3) is 0 Å². The van der Waals surface area contributed by atoms with E-state index in [1.165, 1.54) is 6.20 Å². The number of carbonyl (C=O) groups excluding carboxylic acids is 2. The highest BCUT2D eigenvalue weighted by atomic mass is 79.9. The molecule has 1 saturated heterocycles. The van der Waals surface area contributed by atoms with E-state index in [1.807, 2.05) is 0 Å². The Morgan fingerprint density at radius 2 is 2.33 bits per heavy atom. The van der Waals surface area contributed by atoms with Crippen LogP contribution in [0.15, 0.2) is 22.8 Å². The SMILES string of the molecule is O=C1OCC[C@@H]1C(=O)c1ccc(Br)cn1. The Morgan fingerprint density at radius 1 is 1.53 bits per heavy atom. The number of ketones is 1. The predicted molar refractivity (Wildman–Crippen MR) is 55.3 cm³/mol. The van der Waals surface area contributed by atoms with E-state index in [2.05, 4.69) is 20.9 Å². The van der Waals surface area contributed by atoms with E-state index in [0.717, 1.165) is 4.47 Å². The van der Waals surface area contributed by atoms with Gasteiger partial charge in [0.05, 0.1) is 6.61 Å². The highest BCUT2D eigenvalue weighted by molar-refractivity contribution is 9.10. The van der Waals surface area contributed by atoms with Gasteiger partial charge in [-0.25, -0.2) is 0 Å². The molecule has 0 unspecified atom stereocenters. The molecule has 0 aliphatic carbocycles. The molecule has 2 heterocycles. The number of hydrogen-bond acceptors (Lipinski definition) is 4. The number of Topliss-reactive ketones (excluding diaryl/α,β-unsaturated/α-hetero) is 1. The number of aromatic nitrogens is 1. The van der Waals surface area contributed by atoms with Crippen LogP contribution in [-0.4, -0.2) is 23.3 Å². The third-order valence-corrected chi connectivity index (χ3v) is 2.70. The van der Waals surface area contributed by atoms with Gasteiger partial charge in [0, 0.05) is 17.1 Å². The summed E-state index contributed by atoms with van der Waals surface area (Å²) in [6.07, 6.45) is 1.99. The van der Waals surface area contributed by atoms with Gasteiger partial charge in [0.1, 0.15) is 11.6 Å². The van der Waals surface area contributed by atoms with Crippen molar-refractivity contribution in [2.45, 2.75) is 6.42 Å². The Labute approximate surface area is 94.8 Å². The molecule has 2 rings (SSSR count). The van der Waals surface area contributed by atoms with Crippen molar-refractivity contribution >= 4 is 27.7 Å². The summed E-state index contributed by atoms with van der Waals surface area (Å²) in [7, 11) is 0. The molecule has 1 aliphatic rings. The molecule has 0 N–H and O–H groups in total. The van der Waals surface area contributed by atoms with Gasteiger partial charge in [0.25, 0.3) is 0 Å². The van der Waals surface area contributed by atoms with Crippen LogP contribution in [-0.2, 0) is 9.53 Å². The molecule has 1 aromatic rings. The summed E-state index contributed by atoms with van der Waals surface area (Å²) in [4.78, 5) is 26.9. The molecule has 1 atom stereocenters. The van der Waals surface area contributed by atoms with Crippen molar-refractivity contribution in [2.75, 3.05) is 6.61 Å². The van der Waals surface area contributed by atoms with Crippen molar-refractivity contribution in [1.29, 1.82) is 0 Å². The van der Waals surface area contributed by atoms with Gasteiger partial charge in [-0.15, -0.1) is 0 Å². The fourth-order valence-electron chi connectivity index (χ4n) is 1.43. The van der Waals surface area contributed by atoms with Gasteiger partial charge in [-0.2, -0.15) is 0 Å². The van der Waals surface area contributed by atoms with Gasteiger partial charge in [-0.05, 0) is 28.1 Å². The Bertz CT molecular complexity index is 402. The zero-order chi connectivity index (χ0) is 10.8. The van der Waals surface area contributed by atoms with E-state index >= 15 is 0 Å². The first kappa shape index (κ1) is 10.3. The van der Waals surface area contributed by atoms with Crippen LogP contribution >= 0.6 is 15.9 Å². The van der Waals surface area contributed by atoms with Crippen LogP contribution in [0.5, 0.6) is 0 Å². The molecule has 78 valence electrons. The second kappa shape index (κ2) is 4.10. The fourth-order valence-corrected chi connectivity index (χ4v) is 1.67. The number of cyclic esters (lactones) is 1. The number of halogens is 1. The summed E-state index contributed by atoms with van der Waals surface area (Å²) in [5, 5.41) is 0. The maximum atomic E-state index is 11.8.